The Morgan fingerprint density at radius 3 is 2.60 bits per heavy atom. The Hall–Kier alpha value is -2.04. The molecule has 3 rings (SSSR count). The Morgan fingerprint density at radius 1 is 1.24 bits per heavy atom. The minimum absolute atomic E-state index is 0.00317. The van der Waals surface area contributed by atoms with Crippen LogP contribution in [0.2, 0.25) is 0 Å². The van der Waals surface area contributed by atoms with Gasteiger partial charge in [0.05, 0.1) is 0 Å². The molecule has 1 aromatic rings. The highest BCUT2D eigenvalue weighted by atomic mass is 16.2. The van der Waals surface area contributed by atoms with E-state index in [1.165, 1.54) is 22.3 Å². The number of benzene rings is 1. The number of hydrogen-bond acceptors (Lipinski definition) is 2. The molecule has 0 radical (unpaired) electrons. The summed E-state index contributed by atoms with van der Waals surface area (Å²) in [5.41, 5.74) is 4.89. The summed E-state index contributed by atoms with van der Waals surface area (Å²) < 4.78 is 0. The minimum Gasteiger partial charge on any atom is -0.356 e. The lowest BCUT2D eigenvalue weighted by atomic mass is 9.90. The predicted octanol–water partition coefficient (Wildman–Crippen LogP) is 2.81. The van der Waals surface area contributed by atoms with Crippen molar-refractivity contribution in [2.45, 2.75) is 59.0 Å². The third kappa shape index (κ3) is 3.97. The molecule has 0 spiro atoms. The number of likely N-dealkylation sites (tertiary alicyclic amines) is 1. The maximum atomic E-state index is 12.8. The van der Waals surface area contributed by atoms with Gasteiger partial charge in [0.2, 0.25) is 5.91 Å². The van der Waals surface area contributed by atoms with Gasteiger partial charge in [-0.25, -0.2) is 4.79 Å². The van der Waals surface area contributed by atoms with Crippen molar-refractivity contribution in [2.75, 3.05) is 13.1 Å². The monoisotopic (exact) mass is 343 g/mol. The maximum Gasteiger partial charge on any atom is 0.317 e. The van der Waals surface area contributed by atoms with Crippen LogP contribution in [0.5, 0.6) is 0 Å². The van der Waals surface area contributed by atoms with Crippen LogP contribution in [-0.2, 0) is 11.3 Å². The quantitative estimate of drug-likeness (QED) is 0.886. The van der Waals surface area contributed by atoms with E-state index >= 15 is 0 Å². The molecule has 2 atom stereocenters. The van der Waals surface area contributed by atoms with Crippen LogP contribution in [0.3, 0.4) is 0 Å². The minimum atomic E-state index is 0.00317. The van der Waals surface area contributed by atoms with Crippen molar-refractivity contribution in [3.63, 3.8) is 0 Å². The molecular formula is C20H29N3O2. The Kier molecular flexibility index (Phi) is 5.30. The van der Waals surface area contributed by atoms with Crippen LogP contribution < -0.4 is 10.6 Å². The molecule has 2 N–H and O–H groups in total. The van der Waals surface area contributed by atoms with Gasteiger partial charge in [-0.2, -0.15) is 0 Å². The van der Waals surface area contributed by atoms with Gasteiger partial charge in [-0.1, -0.05) is 17.7 Å². The van der Waals surface area contributed by atoms with E-state index in [1.807, 2.05) is 4.90 Å². The summed E-state index contributed by atoms with van der Waals surface area (Å²) in [4.78, 5) is 26.3. The van der Waals surface area contributed by atoms with Gasteiger partial charge < -0.3 is 15.5 Å². The first kappa shape index (κ1) is 17.8. The number of nitrogens with zero attached hydrogens (tertiary/aromatic N) is 1. The zero-order valence-electron chi connectivity index (χ0n) is 15.5. The summed E-state index contributed by atoms with van der Waals surface area (Å²) in [6.07, 6.45) is 3.72. The van der Waals surface area contributed by atoms with Gasteiger partial charge >= 0.3 is 6.03 Å². The van der Waals surface area contributed by atoms with Crippen LogP contribution in [0.15, 0.2) is 12.1 Å². The van der Waals surface area contributed by atoms with E-state index in [9.17, 15) is 9.59 Å². The molecule has 25 heavy (non-hydrogen) atoms. The Morgan fingerprint density at radius 2 is 1.96 bits per heavy atom. The van der Waals surface area contributed by atoms with Crippen molar-refractivity contribution in [1.29, 1.82) is 0 Å². The average Bonchev–Trinajstić information content (AvgIpc) is 3.00. The molecule has 0 bridgehead atoms. The van der Waals surface area contributed by atoms with Gasteiger partial charge in [-0.15, -0.1) is 0 Å². The summed E-state index contributed by atoms with van der Waals surface area (Å²) in [5.74, 6) is 0.364. The largest absolute Gasteiger partial charge is 0.356 e. The second-order valence-electron chi connectivity index (χ2n) is 7.56. The fraction of sp³-hybridized carbons (Fsp3) is 0.600. The lowest BCUT2D eigenvalue weighted by Crippen LogP contribution is -2.51. The van der Waals surface area contributed by atoms with Gasteiger partial charge in [0, 0.05) is 38.0 Å². The summed E-state index contributed by atoms with van der Waals surface area (Å²) in [7, 11) is 0. The van der Waals surface area contributed by atoms with E-state index in [4.69, 9.17) is 0 Å². The van der Waals surface area contributed by atoms with Gasteiger partial charge in [-0.05, 0) is 56.7 Å². The molecule has 0 unspecified atom stereocenters. The molecule has 5 nitrogen and oxygen atoms in total. The third-order valence-corrected chi connectivity index (χ3v) is 5.62. The normalized spacial score (nSPS) is 23.5. The number of rotatable bonds is 3. The maximum absolute atomic E-state index is 12.8. The number of nitrogens with one attached hydrogen (secondary N) is 2. The van der Waals surface area contributed by atoms with Crippen LogP contribution >= 0.6 is 0 Å². The highest BCUT2D eigenvalue weighted by molar-refractivity contribution is 5.79. The van der Waals surface area contributed by atoms with Crippen molar-refractivity contribution in [1.82, 2.24) is 15.5 Å². The molecule has 5 heteroatoms. The number of amides is 3. The SMILES string of the molecule is Cc1cc(C)c(CNC(=O)N2CCCC[C@@H]2[C@H]2CNC(=O)C2)c(C)c1. The molecule has 1 aromatic carbocycles. The van der Waals surface area contributed by atoms with E-state index in [-0.39, 0.29) is 23.9 Å². The number of carbonyl (C=O) groups is 2. The van der Waals surface area contributed by atoms with E-state index in [0.29, 0.717) is 19.5 Å². The highest BCUT2D eigenvalue weighted by Crippen LogP contribution is 2.27. The fourth-order valence-electron chi connectivity index (χ4n) is 4.35. The van der Waals surface area contributed by atoms with Gasteiger partial charge in [0.1, 0.15) is 0 Å². The van der Waals surface area contributed by atoms with Crippen molar-refractivity contribution in [3.8, 4) is 0 Å². The first-order valence-electron chi connectivity index (χ1n) is 9.33. The number of hydrogen-bond donors (Lipinski definition) is 2. The standard InChI is InChI=1S/C20H29N3O2/c1-13-8-14(2)17(15(3)9-13)12-22-20(25)23-7-5-4-6-18(23)16-10-19(24)21-11-16/h8-9,16,18H,4-7,10-12H2,1-3H3,(H,21,24)(H,22,25)/t16-,18-/m1/s1. The average molecular weight is 343 g/mol. The smallest absolute Gasteiger partial charge is 0.317 e. The molecule has 2 heterocycles. The summed E-state index contributed by atoms with van der Waals surface area (Å²) in [6.45, 7) is 8.33. The summed E-state index contributed by atoms with van der Waals surface area (Å²) >= 11 is 0. The van der Waals surface area contributed by atoms with Gasteiger partial charge in [0.15, 0.2) is 0 Å². The number of urea groups is 1. The lowest BCUT2D eigenvalue weighted by molar-refractivity contribution is -0.119. The second-order valence-corrected chi connectivity index (χ2v) is 7.56. The van der Waals surface area contributed by atoms with Gasteiger partial charge in [-0.3, -0.25) is 4.79 Å². The van der Waals surface area contributed by atoms with Crippen LogP contribution in [0, 0.1) is 26.7 Å². The van der Waals surface area contributed by atoms with Crippen molar-refractivity contribution in [2.24, 2.45) is 5.92 Å². The predicted molar refractivity (Wildman–Crippen MR) is 98.4 cm³/mol. The summed E-state index contributed by atoms with van der Waals surface area (Å²) in [6, 6.07) is 4.50. The lowest BCUT2D eigenvalue weighted by Gasteiger charge is -2.38. The van der Waals surface area contributed by atoms with E-state index in [0.717, 1.165) is 25.8 Å². The summed E-state index contributed by atoms with van der Waals surface area (Å²) in [5, 5.41) is 6.02. The zero-order chi connectivity index (χ0) is 18.0. The molecule has 0 aromatic heterocycles. The molecular weight excluding hydrogens is 314 g/mol. The first-order valence-corrected chi connectivity index (χ1v) is 9.33. The number of aryl methyl sites for hydroxylation is 3. The molecule has 0 aliphatic carbocycles. The van der Waals surface area contributed by atoms with Gasteiger partial charge in [0.25, 0.3) is 0 Å². The third-order valence-electron chi connectivity index (χ3n) is 5.62. The van der Waals surface area contributed by atoms with Crippen molar-refractivity contribution < 1.29 is 9.59 Å². The van der Waals surface area contributed by atoms with E-state index in [1.54, 1.807) is 0 Å². The molecule has 2 aliphatic heterocycles. The van der Waals surface area contributed by atoms with Crippen LogP contribution in [-0.4, -0.2) is 36.0 Å². The zero-order valence-corrected chi connectivity index (χ0v) is 15.5. The number of piperidine rings is 1. The second kappa shape index (κ2) is 7.46. The molecule has 3 amide bonds. The van der Waals surface area contributed by atoms with Crippen molar-refractivity contribution in [3.05, 3.63) is 34.4 Å². The van der Waals surface area contributed by atoms with Crippen LogP contribution in [0.1, 0.15) is 47.9 Å². The molecule has 136 valence electrons. The number of carbonyl (C=O) groups excluding carboxylic acids is 2. The fourth-order valence-corrected chi connectivity index (χ4v) is 4.35. The van der Waals surface area contributed by atoms with Crippen LogP contribution in [0.25, 0.3) is 0 Å². The molecule has 2 fully saturated rings. The molecule has 2 saturated heterocycles. The Labute approximate surface area is 150 Å². The molecule has 2 aliphatic rings. The first-order chi connectivity index (χ1) is 12.0. The Bertz CT molecular complexity index is 648. The highest BCUT2D eigenvalue weighted by Gasteiger charge is 2.36. The topological polar surface area (TPSA) is 61.4 Å². The van der Waals surface area contributed by atoms with Crippen LogP contribution in [0.4, 0.5) is 4.79 Å². The van der Waals surface area contributed by atoms with E-state index < -0.39 is 0 Å². The molecule has 0 saturated carbocycles. The van der Waals surface area contributed by atoms with E-state index in [2.05, 4.69) is 43.5 Å². The Balaban J connectivity index is 1.66. The van der Waals surface area contributed by atoms with Crippen molar-refractivity contribution >= 4 is 11.9 Å².